The van der Waals surface area contributed by atoms with Gasteiger partial charge in [-0.05, 0) is 37.8 Å². The molecule has 1 aliphatic rings. The van der Waals surface area contributed by atoms with Gasteiger partial charge < -0.3 is 14.7 Å². The summed E-state index contributed by atoms with van der Waals surface area (Å²) < 4.78 is 7.58. The molecule has 1 aliphatic heterocycles. The number of fused-ring (bicyclic) bond motifs is 1. The van der Waals surface area contributed by atoms with Gasteiger partial charge in [-0.25, -0.2) is 4.98 Å². The molecule has 23 heavy (non-hydrogen) atoms. The summed E-state index contributed by atoms with van der Waals surface area (Å²) in [6.45, 7) is 4.14. The summed E-state index contributed by atoms with van der Waals surface area (Å²) in [5.41, 5.74) is 2.50. The summed E-state index contributed by atoms with van der Waals surface area (Å²) in [4.78, 5) is 18.9. The molecule has 0 aromatic carbocycles. The molecule has 0 bridgehead atoms. The number of aliphatic hydroxyl groups is 1. The molecule has 6 heteroatoms. The molecule has 0 saturated carbocycles. The Bertz CT molecular complexity index is 675. The number of amides is 1. The van der Waals surface area contributed by atoms with Gasteiger partial charge in [0.1, 0.15) is 11.3 Å². The van der Waals surface area contributed by atoms with Gasteiger partial charge in [-0.2, -0.15) is 0 Å². The number of rotatable bonds is 5. The molecule has 3 rings (SSSR count). The van der Waals surface area contributed by atoms with Crippen molar-refractivity contribution in [2.75, 3.05) is 26.3 Å². The second-order valence-corrected chi connectivity index (χ2v) is 6.02. The molecular formula is C17H23N3O3. The van der Waals surface area contributed by atoms with E-state index in [2.05, 4.69) is 4.98 Å². The first kappa shape index (κ1) is 16.0. The number of carbonyl (C=O) groups is 1. The number of carbonyl (C=O) groups excluding carboxylic acids is 1. The van der Waals surface area contributed by atoms with E-state index in [1.807, 2.05) is 34.6 Å². The van der Waals surface area contributed by atoms with E-state index < -0.39 is 0 Å². The van der Waals surface area contributed by atoms with Crippen LogP contribution in [0.4, 0.5) is 0 Å². The fraction of sp³-hybridized carbons (Fsp3) is 0.529. The summed E-state index contributed by atoms with van der Waals surface area (Å²) >= 11 is 0. The minimum atomic E-state index is 0.0249. The van der Waals surface area contributed by atoms with Gasteiger partial charge in [-0.1, -0.05) is 6.07 Å². The van der Waals surface area contributed by atoms with Crippen LogP contribution in [-0.4, -0.2) is 57.7 Å². The summed E-state index contributed by atoms with van der Waals surface area (Å²) in [5.74, 6) is 0.0249. The highest BCUT2D eigenvalue weighted by Gasteiger charge is 2.25. The fourth-order valence-corrected chi connectivity index (χ4v) is 2.95. The van der Waals surface area contributed by atoms with E-state index in [0.717, 1.165) is 24.1 Å². The van der Waals surface area contributed by atoms with Crippen molar-refractivity contribution in [2.45, 2.75) is 32.3 Å². The molecule has 1 saturated heterocycles. The average molecular weight is 317 g/mol. The Morgan fingerprint density at radius 2 is 2.17 bits per heavy atom. The van der Waals surface area contributed by atoms with Crippen molar-refractivity contribution in [3.63, 3.8) is 0 Å². The van der Waals surface area contributed by atoms with Crippen molar-refractivity contribution in [3.8, 4) is 0 Å². The van der Waals surface area contributed by atoms with Gasteiger partial charge in [0.15, 0.2) is 0 Å². The Labute approximate surface area is 135 Å². The third-order valence-corrected chi connectivity index (χ3v) is 4.26. The van der Waals surface area contributed by atoms with Gasteiger partial charge >= 0.3 is 0 Å². The summed E-state index contributed by atoms with van der Waals surface area (Å²) in [5, 5.41) is 8.78. The molecule has 0 atom stereocenters. The van der Waals surface area contributed by atoms with Gasteiger partial charge in [0.05, 0.1) is 12.3 Å². The molecule has 0 spiro atoms. The van der Waals surface area contributed by atoms with Crippen LogP contribution >= 0.6 is 0 Å². The van der Waals surface area contributed by atoms with Crippen molar-refractivity contribution in [1.82, 2.24) is 14.3 Å². The van der Waals surface area contributed by atoms with Crippen LogP contribution in [0.1, 0.15) is 35.3 Å². The molecule has 1 amide bonds. The largest absolute Gasteiger partial charge is 0.396 e. The topological polar surface area (TPSA) is 67.1 Å². The van der Waals surface area contributed by atoms with Crippen LogP contribution in [-0.2, 0) is 4.74 Å². The van der Waals surface area contributed by atoms with E-state index in [1.54, 1.807) is 6.20 Å². The second-order valence-electron chi connectivity index (χ2n) is 6.02. The Morgan fingerprint density at radius 3 is 2.91 bits per heavy atom. The van der Waals surface area contributed by atoms with Gasteiger partial charge in [0.25, 0.3) is 5.91 Å². The maximum Gasteiger partial charge on any atom is 0.272 e. The second kappa shape index (κ2) is 7.10. The third kappa shape index (κ3) is 3.54. The Hall–Kier alpha value is -1.92. The number of hydrogen-bond donors (Lipinski definition) is 1. The van der Waals surface area contributed by atoms with E-state index in [1.165, 1.54) is 0 Å². The smallest absolute Gasteiger partial charge is 0.272 e. The van der Waals surface area contributed by atoms with Crippen molar-refractivity contribution < 1.29 is 14.6 Å². The third-order valence-electron chi connectivity index (χ3n) is 4.26. The van der Waals surface area contributed by atoms with Crippen molar-refractivity contribution in [3.05, 3.63) is 35.8 Å². The fourth-order valence-electron chi connectivity index (χ4n) is 2.95. The zero-order valence-electron chi connectivity index (χ0n) is 13.4. The molecule has 0 radical (unpaired) electrons. The Kier molecular flexibility index (Phi) is 4.93. The van der Waals surface area contributed by atoms with Crippen molar-refractivity contribution in [1.29, 1.82) is 0 Å². The Morgan fingerprint density at radius 1 is 1.39 bits per heavy atom. The van der Waals surface area contributed by atoms with Gasteiger partial charge in [-0.3, -0.25) is 9.20 Å². The monoisotopic (exact) mass is 317 g/mol. The summed E-state index contributed by atoms with van der Waals surface area (Å²) in [6.07, 6.45) is 6.14. The molecule has 2 aromatic rings. The zero-order valence-corrected chi connectivity index (χ0v) is 13.4. The van der Waals surface area contributed by atoms with E-state index in [0.29, 0.717) is 31.8 Å². The molecular weight excluding hydrogens is 294 g/mol. The maximum absolute atomic E-state index is 12.7. The number of hydrogen-bond acceptors (Lipinski definition) is 4. The predicted octanol–water partition coefficient (Wildman–Crippen LogP) is 1.65. The lowest BCUT2D eigenvalue weighted by Gasteiger charge is -2.31. The average Bonchev–Trinajstić information content (AvgIpc) is 2.98. The highest BCUT2D eigenvalue weighted by atomic mass is 16.5. The quantitative estimate of drug-likeness (QED) is 0.852. The molecule has 2 aromatic heterocycles. The molecule has 0 unspecified atom stereocenters. The van der Waals surface area contributed by atoms with Crippen LogP contribution in [0, 0.1) is 6.92 Å². The van der Waals surface area contributed by atoms with Gasteiger partial charge in [0, 0.05) is 32.5 Å². The normalized spacial score (nSPS) is 16.2. The number of nitrogens with zero attached hydrogens (tertiary/aromatic N) is 3. The number of pyridine rings is 1. The number of aliphatic hydroxyl groups excluding tert-OH is 1. The van der Waals surface area contributed by atoms with Gasteiger partial charge in [-0.15, -0.1) is 0 Å². The first-order valence-corrected chi connectivity index (χ1v) is 8.14. The Balaban J connectivity index is 1.64. The molecule has 1 fully saturated rings. The standard InChI is InChI=1S/C17H23N3O3/c1-13-3-4-16-18-11-15(20(16)12-13)17(22)19-7-5-14(6-8-19)23-10-2-9-21/h3-4,11-12,14,21H,2,5-10H2,1H3. The maximum atomic E-state index is 12.7. The molecule has 3 heterocycles. The predicted molar refractivity (Wildman–Crippen MR) is 86.5 cm³/mol. The van der Waals surface area contributed by atoms with Crippen LogP contribution in [0.2, 0.25) is 0 Å². The van der Waals surface area contributed by atoms with Crippen molar-refractivity contribution >= 4 is 11.6 Å². The molecule has 124 valence electrons. The van der Waals surface area contributed by atoms with Crippen molar-refractivity contribution in [2.24, 2.45) is 0 Å². The highest BCUT2D eigenvalue weighted by Crippen LogP contribution is 2.17. The minimum absolute atomic E-state index is 0.0249. The first-order valence-electron chi connectivity index (χ1n) is 8.14. The van der Waals surface area contributed by atoms with Gasteiger partial charge in [0.2, 0.25) is 0 Å². The SMILES string of the molecule is Cc1ccc2ncc(C(=O)N3CCC(OCCCO)CC3)n2c1. The zero-order chi connectivity index (χ0) is 16.2. The summed E-state index contributed by atoms with van der Waals surface area (Å²) in [7, 11) is 0. The van der Waals surface area contributed by atoms with Crippen LogP contribution in [0.25, 0.3) is 5.65 Å². The van der Waals surface area contributed by atoms with Crippen LogP contribution in [0.5, 0.6) is 0 Å². The van der Waals surface area contributed by atoms with Crippen LogP contribution in [0.15, 0.2) is 24.5 Å². The van der Waals surface area contributed by atoms with E-state index in [-0.39, 0.29) is 18.6 Å². The highest BCUT2D eigenvalue weighted by molar-refractivity contribution is 5.93. The molecule has 1 N–H and O–H groups in total. The van der Waals surface area contributed by atoms with Crippen LogP contribution < -0.4 is 0 Å². The number of piperidine rings is 1. The lowest BCUT2D eigenvalue weighted by molar-refractivity contribution is 0.00382. The number of aryl methyl sites for hydroxylation is 1. The van der Waals surface area contributed by atoms with E-state index in [4.69, 9.17) is 9.84 Å². The number of ether oxygens (including phenoxy) is 1. The number of likely N-dealkylation sites (tertiary alicyclic amines) is 1. The minimum Gasteiger partial charge on any atom is -0.396 e. The summed E-state index contributed by atoms with van der Waals surface area (Å²) in [6, 6.07) is 3.92. The lowest BCUT2D eigenvalue weighted by Crippen LogP contribution is -2.41. The van der Waals surface area contributed by atoms with E-state index in [9.17, 15) is 4.79 Å². The van der Waals surface area contributed by atoms with E-state index >= 15 is 0 Å². The molecule has 0 aliphatic carbocycles. The van der Waals surface area contributed by atoms with Crippen LogP contribution in [0.3, 0.4) is 0 Å². The first-order chi connectivity index (χ1) is 11.2. The number of aromatic nitrogens is 2. The lowest BCUT2D eigenvalue weighted by atomic mass is 10.1. The number of imidazole rings is 1. The molecule has 6 nitrogen and oxygen atoms in total.